The number of unbranched alkanes of at least 4 members (excludes halogenated alkanes) is 14. The summed E-state index contributed by atoms with van der Waals surface area (Å²) in [6.07, 6.45) is 24.1. The summed E-state index contributed by atoms with van der Waals surface area (Å²) in [5, 5.41) is 9.50. The van der Waals surface area contributed by atoms with E-state index < -0.39 is 6.29 Å². The average Bonchev–Trinajstić information content (AvgIpc) is 3.47. The summed E-state index contributed by atoms with van der Waals surface area (Å²) in [4.78, 5) is 27.3. The Morgan fingerprint density at radius 2 is 1.33 bits per heavy atom. The number of nitrogens with zero attached hydrogens (tertiary/aromatic N) is 1. The Morgan fingerprint density at radius 1 is 0.756 bits per heavy atom. The van der Waals surface area contributed by atoms with Gasteiger partial charge in [-0.3, -0.25) is 9.59 Å². The zero-order valence-corrected chi connectivity index (χ0v) is 29.6. The normalized spacial score (nSPS) is 17.2. The van der Waals surface area contributed by atoms with Crippen LogP contribution < -0.4 is 0 Å². The smallest absolute Gasteiger partial charge is 0.308 e. The van der Waals surface area contributed by atoms with Gasteiger partial charge in [-0.2, -0.15) is 0 Å². The number of aliphatic hydroxyl groups excluding tert-OH is 1. The lowest BCUT2D eigenvalue weighted by Crippen LogP contribution is -2.29. The molecule has 1 N–H and O–H groups in total. The van der Waals surface area contributed by atoms with Gasteiger partial charge in [0, 0.05) is 26.5 Å². The predicted molar refractivity (Wildman–Crippen MR) is 182 cm³/mol. The van der Waals surface area contributed by atoms with Gasteiger partial charge in [0.2, 0.25) is 6.29 Å². The van der Waals surface area contributed by atoms with Crippen LogP contribution in [0.1, 0.15) is 162 Å². The van der Waals surface area contributed by atoms with Crippen LogP contribution in [0.5, 0.6) is 0 Å². The van der Waals surface area contributed by atoms with Gasteiger partial charge in [0.25, 0.3) is 0 Å². The number of ether oxygens (including phenoxy) is 4. The SMILES string of the molecule is CCCCCCCCC(CCCCCC)C(=O)OCCCCCCN(CCO)CCCCCCC(=O)OC1CCC(COC)O1. The first-order chi connectivity index (χ1) is 22.0. The number of carbonyl (C=O) groups is 2. The molecular weight excluding hydrogens is 570 g/mol. The summed E-state index contributed by atoms with van der Waals surface area (Å²) in [7, 11) is 1.65. The average molecular weight is 642 g/mol. The van der Waals surface area contributed by atoms with Crippen LogP contribution in [0.3, 0.4) is 0 Å². The molecule has 266 valence electrons. The predicted octanol–water partition coefficient (Wildman–Crippen LogP) is 8.37. The maximum Gasteiger partial charge on any atom is 0.308 e. The number of carbonyl (C=O) groups excluding carboxylic acids is 2. The zero-order chi connectivity index (χ0) is 32.8. The van der Waals surface area contributed by atoms with Gasteiger partial charge in [-0.1, -0.05) is 104 Å². The summed E-state index contributed by atoms with van der Waals surface area (Å²) >= 11 is 0. The molecular formula is C37H71NO7. The zero-order valence-electron chi connectivity index (χ0n) is 29.6. The van der Waals surface area contributed by atoms with E-state index in [1.807, 2.05) is 0 Å². The van der Waals surface area contributed by atoms with Crippen molar-refractivity contribution in [3.05, 3.63) is 0 Å². The van der Waals surface area contributed by atoms with E-state index in [0.717, 1.165) is 103 Å². The molecule has 0 radical (unpaired) electrons. The van der Waals surface area contributed by atoms with Crippen molar-refractivity contribution in [2.24, 2.45) is 5.92 Å². The van der Waals surface area contributed by atoms with Gasteiger partial charge in [0.1, 0.15) is 0 Å². The van der Waals surface area contributed by atoms with Crippen LogP contribution in [0.2, 0.25) is 0 Å². The fourth-order valence-corrected chi connectivity index (χ4v) is 6.16. The summed E-state index contributed by atoms with van der Waals surface area (Å²) in [6, 6.07) is 0. The highest BCUT2D eigenvalue weighted by molar-refractivity contribution is 5.72. The van der Waals surface area contributed by atoms with E-state index in [-0.39, 0.29) is 30.6 Å². The number of aliphatic hydroxyl groups is 1. The summed E-state index contributed by atoms with van der Waals surface area (Å²) < 4.78 is 22.0. The maximum atomic E-state index is 12.8. The van der Waals surface area contributed by atoms with Gasteiger partial charge < -0.3 is 29.0 Å². The Morgan fingerprint density at radius 3 is 1.98 bits per heavy atom. The highest BCUT2D eigenvalue weighted by Gasteiger charge is 2.27. The Balaban J connectivity index is 2.12. The van der Waals surface area contributed by atoms with E-state index in [0.29, 0.717) is 26.2 Å². The summed E-state index contributed by atoms with van der Waals surface area (Å²) in [5.41, 5.74) is 0. The third-order valence-corrected chi connectivity index (χ3v) is 8.96. The largest absolute Gasteiger partial charge is 0.465 e. The fraction of sp³-hybridized carbons (Fsp3) is 0.946. The van der Waals surface area contributed by atoms with E-state index in [9.17, 15) is 14.7 Å². The maximum absolute atomic E-state index is 12.8. The van der Waals surface area contributed by atoms with E-state index in [1.54, 1.807) is 7.11 Å². The van der Waals surface area contributed by atoms with Crippen LogP contribution in [-0.4, -0.2) is 80.9 Å². The topological polar surface area (TPSA) is 94.5 Å². The molecule has 3 unspecified atom stereocenters. The van der Waals surface area contributed by atoms with Crippen molar-refractivity contribution in [1.29, 1.82) is 0 Å². The van der Waals surface area contributed by atoms with E-state index in [4.69, 9.17) is 18.9 Å². The minimum Gasteiger partial charge on any atom is -0.465 e. The third kappa shape index (κ3) is 23.7. The second-order valence-corrected chi connectivity index (χ2v) is 13.1. The lowest BCUT2D eigenvalue weighted by molar-refractivity contribution is -0.177. The molecule has 1 saturated heterocycles. The molecule has 8 heteroatoms. The van der Waals surface area contributed by atoms with Crippen LogP contribution in [0, 0.1) is 5.92 Å². The summed E-state index contributed by atoms with van der Waals surface area (Å²) in [6.45, 7) is 8.38. The molecule has 1 aliphatic heterocycles. The molecule has 0 saturated carbocycles. The van der Waals surface area contributed by atoms with Crippen LogP contribution >= 0.6 is 0 Å². The van der Waals surface area contributed by atoms with Crippen molar-refractivity contribution in [3.63, 3.8) is 0 Å². The molecule has 3 atom stereocenters. The minimum atomic E-state index is -0.420. The standard InChI is InChI=1S/C37H71NO7/c1-4-6-8-10-11-17-23-33(22-16-9-7-5-2)37(41)43-31-21-15-14-20-28-38(29-30-39)27-19-13-12-18-24-35(40)45-36-26-25-34(44-36)32-42-3/h33-34,36,39H,4-32H2,1-3H3. The van der Waals surface area contributed by atoms with Crippen molar-refractivity contribution < 1.29 is 33.6 Å². The first-order valence-electron chi connectivity index (χ1n) is 18.9. The van der Waals surface area contributed by atoms with Gasteiger partial charge in [0.15, 0.2) is 0 Å². The fourth-order valence-electron chi connectivity index (χ4n) is 6.16. The Hall–Kier alpha value is -1.22. The first-order valence-corrected chi connectivity index (χ1v) is 18.9. The van der Waals surface area contributed by atoms with Crippen molar-refractivity contribution >= 4 is 11.9 Å². The van der Waals surface area contributed by atoms with Crippen molar-refractivity contribution in [2.45, 2.75) is 174 Å². The van der Waals surface area contributed by atoms with Crippen molar-refractivity contribution in [3.8, 4) is 0 Å². The van der Waals surface area contributed by atoms with Crippen molar-refractivity contribution in [2.75, 3.05) is 46.6 Å². The van der Waals surface area contributed by atoms with Crippen molar-refractivity contribution in [1.82, 2.24) is 4.90 Å². The van der Waals surface area contributed by atoms with Crippen LogP contribution in [-0.2, 0) is 28.5 Å². The number of esters is 2. The molecule has 0 aliphatic carbocycles. The quantitative estimate of drug-likeness (QED) is 0.0578. The second kappa shape index (κ2) is 30.1. The van der Waals surface area contributed by atoms with Gasteiger partial charge in [-0.25, -0.2) is 0 Å². The molecule has 0 bridgehead atoms. The van der Waals surface area contributed by atoms with Gasteiger partial charge >= 0.3 is 11.9 Å². The Kier molecular flexibility index (Phi) is 28.0. The molecule has 45 heavy (non-hydrogen) atoms. The molecule has 1 heterocycles. The monoisotopic (exact) mass is 642 g/mol. The molecule has 1 fully saturated rings. The molecule has 0 spiro atoms. The number of hydrogen-bond acceptors (Lipinski definition) is 8. The molecule has 1 rings (SSSR count). The van der Waals surface area contributed by atoms with E-state index >= 15 is 0 Å². The van der Waals surface area contributed by atoms with Gasteiger partial charge in [-0.15, -0.1) is 0 Å². The molecule has 0 aromatic rings. The van der Waals surface area contributed by atoms with Gasteiger partial charge in [0.05, 0.1) is 31.8 Å². The Bertz CT molecular complexity index is 692. The highest BCUT2D eigenvalue weighted by Crippen LogP contribution is 2.22. The minimum absolute atomic E-state index is 0.0292. The number of methoxy groups -OCH3 is 1. The van der Waals surface area contributed by atoms with E-state index in [2.05, 4.69) is 18.7 Å². The second-order valence-electron chi connectivity index (χ2n) is 13.1. The third-order valence-electron chi connectivity index (χ3n) is 8.96. The molecule has 1 aliphatic rings. The lowest BCUT2D eigenvalue weighted by atomic mass is 9.94. The Labute approximate surface area is 276 Å². The molecule has 0 aromatic heterocycles. The van der Waals surface area contributed by atoms with Crippen LogP contribution in [0.4, 0.5) is 0 Å². The summed E-state index contributed by atoms with van der Waals surface area (Å²) in [5.74, 6) is -0.0649. The van der Waals surface area contributed by atoms with E-state index in [1.165, 1.54) is 51.4 Å². The molecule has 0 aromatic carbocycles. The molecule has 0 amide bonds. The number of hydrogen-bond donors (Lipinski definition) is 1. The van der Waals surface area contributed by atoms with Gasteiger partial charge in [-0.05, 0) is 58.0 Å². The molecule has 8 nitrogen and oxygen atoms in total. The lowest BCUT2D eigenvalue weighted by Gasteiger charge is -2.21. The van der Waals surface area contributed by atoms with Crippen LogP contribution in [0.15, 0.2) is 0 Å². The first kappa shape index (κ1) is 41.8. The number of rotatable bonds is 32. The highest BCUT2D eigenvalue weighted by atomic mass is 16.7. The van der Waals surface area contributed by atoms with Crippen LogP contribution in [0.25, 0.3) is 0 Å².